The highest BCUT2D eigenvalue weighted by atomic mass is 127. The Labute approximate surface area is 139 Å². The van der Waals surface area contributed by atoms with Crippen LogP contribution in [0.15, 0.2) is 6.20 Å². The zero-order valence-electron chi connectivity index (χ0n) is 12.9. The molecule has 0 amide bonds. The molecule has 0 bridgehead atoms. The number of nitrogens with zero attached hydrogens (tertiary/aromatic N) is 1. The van der Waals surface area contributed by atoms with Crippen LogP contribution in [0, 0.1) is 0 Å². The van der Waals surface area contributed by atoms with Crippen molar-refractivity contribution in [3.05, 3.63) is 17.7 Å². The third-order valence-electron chi connectivity index (χ3n) is 3.47. The lowest BCUT2D eigenvalue weighted by Crippen LogP contribution is -3.00. The number of rotatable bonds is 9. The van der Waals surface area contributed by atoms with Gasteiger partial charge in [0.1, 0.15) is 11.9 Å². The lowest BCUT2D eigenvalue weighted by Gasteiger charge is -2.02. The summed E-state index contributed by atoms with van der Waals surface area (Å²) in [4.78, 5) is 14.5. The molecule has 4 nitrogen and oxygen atoms in total. The SMILES string of the molecule is CCCCCCc1[nH]cc(CCC(=O)OC)[n+]1CC.[I-]. The Morgan fingerprint density at radius 3 is 2.60 bits per heavy atom. The molecule has 0 fully saturated rings. The monoisotopic (exact) mass is 394 g/mol. The van der Waals surface area contributed by atoms with Gasteiger partial charge in [-0.25, -0.2) is 9.55 Å². The second-order valence-electron chi connectivity index (χ2n) is 4.86. The molecule has 0 atom stereocenters. The molecule has 0 unspecified atom stereocenters. The summed E-state index contributed by atoms with van der Waals surface area (Å²) in [5, 5.41) is 0. The van der Waals surface area contributed by atoms with Crippen molar-refractivity contribution in [3.63, 3.8) is 0 Å². The maximum Gasteiger partial charge on any atom is 0.305 e. The Morgan fingerprint density at radius 1 is 1.25 bits per heavy atom. The number of carbonyl (C=O) groups excluding carboxylic acids is 1. The first-order valence-electron chi connectivity index (χ1n) is 7.38. The highest BCUT2D eigenvalue weighted by Crippen LogP contribution is 2.06. The number of aromatic nitrogens is 2. The van der Waals surface area contributed by atoms with Crippen LogP contribution in [0.2, 0.25) is 0 Å². The molecule has 0 saturated carbocycles. The third kappa shape index (κ3) is 6.24. The van der Waals surface area contributed by atoms with E-state index in [-0.39, 0.29) is 29.9 Å². The van der Waals surface area contributed by atoms with Crippen LogP contribution >= 0.6 is 0 Å². The average Bonchev–Trinajstić information content (AvgIpc) is 2.83. The van der Waals surface area contributed by atoms with Crippen LogP contribution in [0.5, 0.6) is 0 Å². The highest BCUT2D eigenvalue weighted by molar-refractivity contribution is 5.69. The molecule has 0 saturated heterocycles. The summed E-state index contributed by atoms with van der Waals surface area (Å²) in [6.45, 7) is 5.32. The molecule has 1 rings (SSSR count). The molecule has 116 valence electrons. The van der Waals surface area contributed by atoms with Gasteiger partial charge < -0.3 is 28.7 Å². The van der Waals surface area contributed by atoms with E-state index >= 15 is 0 Å². The second-order valence-corrected chi connectivity index (χ2v) is 4.86. The van der Waals surface area contributed by atoms with Crippen LogP contribution in [0.1, 0.15) is 57.5 Å². The quantitative estimate of drug-likeness (QED) is 0.267. The molecule has 20 heavy (non-hydrogen) atoms. The number of esters is 1. The highest BCUT2D eigenvalue weighted by Gasteiger charge is 2.16. The Bertz CT molecular complexity index is 391. The van der Waals surface area contributed by atoms with Gasteiger partial charge in [-0.1, -0.05) is 26.2 Å². The Balaban J connectivity index is 0.00000361. The first-order valence-corrected chi connectivity index (χ1v) is 7.38. The van der Waals surface area contributed by atoms with Gasteiger partial charge in [0, 0.05) is 12.8 Å². The fourth-order valence-electron chi connectivity index (χ4n) is 2.36. The largest absolute Gasteiger partial charge is 1.00 e. The smallest absolute Gasteiger partial charge is 0.305 e. The van der Waals surface area contributed by atoms with E-state index in [9.17, 15) is 4.79 Å². The van der Waals surface area contributed by atoms with Gasteiger partial charge >= 0.3 is 5.97 Å². The molecule has 1 heterocycles. The molecule has 0 radical (unpaired) electrons. The number of nitrogens with one attached hydrogen (secondary N) is 1. The number of hydrogen-bond donors (Lipinski definition) is 1. The van der Waals surface area contributed by atoms with Gasteiger partial charge in [-0.2, -0.15) is 0 Å². The molecule has 0 aliphatic carbocycles. The van der Waals surface area contributed by atoms with E-state index in [1.807, 2.05) is 6.20 Å². The number of ether oxygens (including phenoxy) is 1. The number of imidazole rings is 1. The van der Waals surface area contributed by atoms with Crippen molar-refractivity contribution in [1.29, 1.82) is 0 Å². The normalized spacial score (nSPS) is 10.2. The lowest BCUT2D eigenvalue weighted by molar-refractivity contribution is -0.706. The number of H-pyrrole nitrogens is 1. The summed E-state index contributed by atoms with van der Waals surface area (Å²) < 4.78 is 6.97. The van der Waals surface area contributed by atoms with Gasteiger partial charge in [0.25, 0.3) is 5.82 Å². The molecular formula is C15H27IN2O2. The average molecular weight is 394 g/mol. The molecule has 0 spiro atoms. The predicted molar refractivity (Wildman–Crippen MR) is 74.8 cm³/mol. The van der Waals surface area contributed by atoms with Crippen molar-refractivity contribution < 1.29 is 38.1 Å². The summed E-state index contributed by atoms with van der Waals surface area (Å²) in [7, 11) is 1.44. The maximum absolute atomic E-state index is 11.2. The van der Waals surface area contributed by atoms with Crippen LogP contribution in [0.4, 0.5) is 0 Å². The van der Waals surface area contributed by atoms with Crippen LogP contribution < -0.4 is 28.5 Å². The minimum Gasteiger partial charge on any atom is -1.00 e. The Morgan fingerprint density at radius 2 is 2.00 bits per heavy atom. The van der Waals surface area contributed by atoms with E-state index in [1.54, 1.807) is 0 Å². The van der Waals surface area contributed by atoms with Crippen molar-refractivity contribution in [3.8, 4) is 0 Å². The van der Waals surface area contributed by atoms with E-state index in [4.69, 9.17) is 0 Å². The van der Waals surface area contributed by atoms with Gasteiger partial charge in [0.05, 0.1) is 20.1 Å². The van der Waals surface area contributed by atoms with Crippen molar-refractivity contribution in [2.45, 2.75) is 65.3 Å². The van der Waals surface area contributed by atoms with Crippen molar-refractivity contribution in [2.24, 2.45) is 0 Å². The first kappa shape index (κ1) is 19.4. The van der Waals surface area contributed by atoms with Gasteiger partial charge in [-0.3, -0.25) is 4.79 Å². The maximum atomic E-state index is 11.2. The van der Waals surface area contributed by atoms with E-state index in [1.165, 1.54) is 44.3 Å². The Hall–Kier alpha value is -0.590. The van der Waals surface area contributed by atoms with Crippen LogP contribution in [0.3, 0.4) is 0 Å². The van der Waals surface area contributed by atoms with Crippen molar-refractivity contribution in [1.82, 2.24) is 4.98 Å². The van der Waals surface area contributed by atoms with Gasteiger partial charge in [-0.15, -0.1) is 0 Å². The molecule has 1 aromatic rings. The summed E-state index contributed by atoms with van der Waals surface area (Å²) in [6, 6.07) is 0. The number of carbonyl (C=O) groups is 1. The van der Waals surface area contributed by atoms with Gasteiger partial charge in [0.15, 0.2) is 0 Å². The molecule has 5 heteroatoms. The van der Waals surface area contributed by atoms with Crippen LogP contribution in [-0.4, -0.2) is 18.1 Å². The topological polar surface area (TPSA) is 46.0 Å². The van der Waals surface area contributed by atoms with E-state index < -0.39 is 0 Å². The summed E-state index contributed by atoms with van der Waals surface area (Å²) in [6.07, 6.45) is 9.40. The molecule has 1 aromatic heterocycles. The lowest BCUT2D eigenvalue weighted by atomic mass is 10.1. The number of unbranched alkanes of at least 4 members (excludes halogenated alkanes) is 3. The first-order chi connectivity index (χ1) is 9.22. The molecular weight excluding hydrogens is 367 g/mol. The fourth-order valence-corrected chi connectivity index (χ4v) is 2.36. The number of methoxy groups -OCH3 is 1. The predicted octanol–water partition coefficient (Wildman–Crippen LogP) is -0.445. The number of aryl methyl sites for hydroxylation is 2. The zero-order valence-corrected chi connectivity index (χ0v) is 15.0. The van der Waals surface area contributed by atoms with Crippen molar-refractivity contribution in [2.75, 3.05) is 7.11 Å². The van der Waals surface area contributed by atoms with E-state index in [0.29, 0.717) is 6.42 Å². The van der Waals surface area contributed by atoms with Crippen LogP contribution in [0.25, 0.3) is 0 Å². The number of aromatic amines is 1. The number of hydrogen-bond acceptors (Lipinski definition) is 2. The minimum absolute atomic E-state index is 0. The third-order valence-corrected chi connectivity index (χ3v) is 3.47. The fraction of sp³-hybridized carbons (Fsp3) is 0.733. The van der Waals surface area contributed by atoms with Crippen LogP contribution in [-0.2, 0) is 28.9 Å². The molecule has 0 aliphatic rings. The summed E-state index contributed by atoms with van der Waals surface area (Å²) >= 11 is 0. The number of halogens is 1. The Kier molecular flexibility index (Phi) is 10.8. The van der Waals surface area contributed by atoms with Gasteiger partial charge in [-0.05, 0) is 13.3 Å². The summed E-state index contributed by atoms with van der Waals surface area (Å²) in [5.74, 6) is 1.13. The summed E-state index contributed by atoms with van der Waals surface area (Å²) in [5.41, 5.74) is 1.19. The molecule has 1 N–H and O–H groups in total. The van der Waals surface area contributed by atoms with Crippen molar-refractivity contribution >= 4 is 5.97 Å². The zero-order chi connectivity index (χ0) is 14.1. The van der Waals surface area contributed by atoms with E-state index in [0.717, 1.165) is 19.4 Å². The molecule has 0 aromatic carbocycles. The minimum atomic E-state index is -0.145. The van der Waals surface area contributed by atoms with Gasteiger partial charge in [0.2, 0.25) is 0 Å². The standard InChI is InChI=1S/C15H26N2O2.HI/c1-4-6-7-8-9-14-16-12-13(17(14)5-2)10-11-15(18)19-3;/h12H,4-11H2,1-3H3;1H. The molecule has 0 aliphatic heterocycles. The second kappa shape index (κ2) is 11.1. The van der Waals surface area contributed by atoms with E-state index in [2.05, 4.69) is 28.1 Å².